The van der Waals surface area contributed by atoms with Gasteiger partial charge in [0.1, 0.15) is 11.0 Å². The van der Waals surface area contributed by atoms with Gasteiger partial charge in [-0.05, 0) is 55.4 Å². The van der Waals surface area contributed by atoms with Crippen molar-refractivity contribution in [3.8, 4) is 0 Å². The smallest absolute Gasteiger partial charge is 0.170 e. The molecule has 0 radical (unpaired) electrons. The molecule has 2 N–H and O–H groups in total. The normalized spacial score (nSPS) is 14.9. The largest absolute Gasteiger partial charge is 0.360 e. The third kappa shape index (κ3) is 3.39. The van der Waals surface area contributed by atoms with Gasteiger partial charge in [0, 0.05) is 34.9 Å². The number of thiocarbonyl (C=S) groups is 1. The number of nitrogens with zero attached hydrogens (tertiary/aromatic N) is 4. The van der Waals surface area contributed by atoms with Crippen molar-refractivity contribution >= 4 is 66.9 Å². The highest BCUT2D eigenvalue weighted by atomic mass is 32.1. The maximum Gasteiger partial charge on any atom is 0.170 e. The van der Waals surface area contributed by atoms with E-state index >= 15 is 0 Å². The minimum absolute atomic E-state index is 0.464. The first kappa shape index (κ1) is 19.3. The lowest BCUT2D eigenvalue weighted by molar-refractivity contribution is 0.415. The van der Waals surface area contributed by atoms with E-state index in [1.165, 1.54) is 32.1 Å². The third-order valence-corrected chi connectivity index (χ3v) is 6.44. The number of rotatable bonds is 2. The number of fused-ring (bicyclic) bond motifs is 7. The molecule has 0 atom stereocenters. The van der Waals surface area contributed by atoms with Gasteiger partial charge in [0.05, 0.1) is 22.1 Å². The van der Waals surface area contributed by atoms with Crippen molar-refractivity contribution < 1.29 is 0 Å². The van der Waals surface area contributed by atoms with Gasteiger partial charge in [0.25, 0.3) is 0 Å². The molecule has 6 nitrogen and oxygen atoms in total. The highest BCUT2D eigenvalue weighted by molar-refractivity contribution is 7.80. The average Bonchev–Trinajstić information content (AvgIpc) is 2.84. The summed E-state index contributed by atoms with van der Waals surface area (Å²) < 4.78 is 0. The molecule has 1 aliphatic rings. The summed E-state index contributed by atoms with van der Waals surface area (Å²) in [5.74, 6) is 0. The van der Waals surface area contributed by atoms with Crippen LogP contribution in [0.1, 0.15) is 32.1 Å². The van der Waals surface area contributed by atoms with Crippen LogP contribution in [0.3, 0.4) is 0 Å². The molecule has 3 heterocycles. The summed E-state index contributed by atoms with van der Waals surface area (Å²) in [4.78, 5) is 19.1. The van der Waals surface area contributed by atoms with E-state index in [-0.39, 0.29) is 0 Å². The average molecular weight is 439 g/mol. The molecule has 0 spiro atoms. The van der Waals surface area contributed by atoms with Crippen LogP contribution in [-0.2, 0) is 0 Å². The maximum atomic E-state index is 5.56. The Kier molecular flexibility index (Phi) is 4.76. The van der Waals surface area contributed by atoms with Gasteiger partial charge in [-0.1, -0.05) is 31.4 Å². The number of aromatic nitrogens is 4. The molecule has 1 aliphatic carbocycles. The SMILES string of the molecule is S=C(Nc1ccc2nc3c4ncccc4c4cccnc4c3nc2c1)NC1CCCCC1. The topological polar surface area (TPSA) is 75.6 Å². The van der Waals surface area contributed by atoms with E-state index in [1.54, 1.807) is 12.4 Å². The number of pyridine rings is 2. The number of hydrogen-bond acceptors (Lipinski definition) is 5. The first-order chi connectivity index (χ1) is 15.8. The fourth-order valence-electron chi connectivity index (χ4n) is 4.68. The van der Waals surface area contributed by atoms with Gasteiger partial charge in [-0.15, -0.1) is 0 Å². The van der Waals surface area contributed by atoms with Crippen molar-refractivity contribution in [2.24, 2.45) is 0 Å². The van der Waals surface area contributed by atoms with Crippen LogP contribution in [0.15, 0.2) is 54.9 Å². The van der Waals surface area contributed by atoms with Crippen LogP contribution in [0.2, 0.25) is 0 Å². The van der Waals surface area contributed by atoms with Crippen molar-refractivity contribution in [3.63, 3.8) is 0 Å². The van der Waals surface area contributed by atoms with Gasteiger partial charge < -0.3 is 10.6 Å². The summed E-state index contributed by atoms with van der Waals surface area (Å²) in [6.07, 6.45) is 9.81. The van der Waals surface area contributed by atoms with Crippen molar-refractivity contribution in [1.29, 1.82) is 0 Å². The van der Waals surface area contributed by atoms with Crippen LogP contribution in [0.5, 0.6) is 0 Å². The van der Waals surface area contributed by atoms with Gasteiger partial charge in [-0.3, -0.25) is 9.97 Å². The molecule has 0 bridgehead atoms. The Morgan fingerprint density at radius 3 is 2.12 bits per heavy atom. The number of anilines is 1. The molecule has 7 heteroatoms. The van der Waals surface area contributed by atoms with Crippen LogP contribution < -0.4 is 10.6 Å². The maximum absolute atomic E-state index is 5.56. The van der Waals surface area contributed by atoms with E-state index in [2.05, 4.69) is 32.7 Å². The summed E-state index contributed by atoms with van der Waals surface area (Å²) >= 11 is 5.56. The zero-order valence-electron chi connectivity index (χ0n) is 17.5. The quantitative estimate of drug-likeness (QED) is 0.214. The Bertz CT molecular complexity index is 1490. The molecule has 1 saturated carbocycles. The molecule has 3 aromatic heterocycles. The van der Waals surface area contributed by atoms with Crippen molar-refractivity contribution in [1.82, 2.24) is 25.3 Å². The highest BCUT2D eigenvalue weighted by Crippen LogP contribution is 2.32. The monoisotopic (exact) mass is 438 g/mol. The molecule has 6 rings (SSSR count). The van der Waals surface area contributed by atoms with Gasteiger partial charge in [0.15, 0.2) is 5.11 Å². The van der Waals surface area contributed by atoms with Crippen LogP contribution in [0.25, 0.3) is 43.9 Å². The molecule has 0 amide bonds. The van der Waals surface area contributed by atoms with Gasteiger partial charge in [0.2, 0.25) is 0 Å². The van der Waals surface area contributed by atoms with Crippen molar-refractivity contribution in [2.75, 3.05) is 5.32 Å². The summed E-state index contributed by atoms with van der Waals surface area (Å²) in [5, 5.41) is 9.50. The predicted molar refractivity (Wildman–Crippen MR) is 134 cm³/mol. The molecule has 2 aromatic carbocycles. The van der Waals surface area contributed by atoms with E-state index in [9.17, 15) is 0 Å². The molecule has 0 saturated heterocycles. The molecule has 32 heavy (non-hydrogen) atoms. The third-order valence-electron chi connectivity index (χ3n) is 6.22. The Balaban J connectivity index is 1.43. The molecular weight excluding hydrogens is 416 g/mol. The summed E-state index contributed by atoms with van der Waals surface area (Å²) in [6.45, 7) is 0. The lowest BCUT2D eigenvalue weighted by atomic mass is 9.96. The summed E-state index contributed by atoms with van der Waals surface area (Å²) in [7, 11) is 0. The fraction of sp³-hybridized carbons (Fsp3) is 0.240. The van der Waals surface area contributed by atoms with Crippen LogP contribution in [0, 0.1) is 0 Å². The zero-order chi connectivity index (χ0) is 21.5. The van der Waals surface area contributed by atoms with Crippen molar-refractivity contribution in [3.05, 3.63) is 54.9 Å². The van der Waals surface area contributed by atoms with E-state index < -0.39 is 0 Å². The zero-order valence-corrected chi connectivity index (χ0v) is 18.3. The van der Waals surface area contributed by atoms with E-state index in [0.717, 1.165) is 49.6 Å². The fourth-order valence-corrected chi connectivity index (χ4v) is 4.97. The Labute approximate surface area is 190 Å². The number of hydrogen-bond donors (Lipinski definition) is 2. The lowest BCUT2D eigenvalue weighted by Crippen LogP contribution is -2.38. The Morgan fingerprint density at radius 2 is 1.44 bits per heavy atom. The predicted octanol–water partition coefficient (Wildman–Crippen LogP) is 5.50. The van der Waals surface area contributed by atoms with Crippen molar-refractivity contribution in [2.45, 2.75) is 38.1 Å². The summed E-state index contributed by atoms with van der Waals surface area (Å²) in [6, 6.07) is 14.4. The molecular formula is C25H22N6S. The van der Waals surface area contributed by atoms with Crippen LogP contribution in [0.4, 0.5) is 5.69 Å². The number of benzene rings is 2. The first-order valence-electron chi connectivity index (χ1n) is 11.1. The minimum Gasteiger partial charge on any atom is -0.360 e. The molecule has 0 aliphatic heterocycles. The summed E-state index contributed by atoms with van der Waals surface area (Å²) in [5.41, 5.74) is 5.73. The molecule has 158 valence electrons. The number of nitrogens with one attached hydrogen (secondary N) is 2. The standard InChI is InChI=1S/C25H22N6S/c32-25(28-15-6-2-1-3-7-15)29-16-10-11-19-20(14-16)31-24-22-18(9-5-13-27-22)17-8-4-12-26-21(17)23(24)30-19/h4-5,8-15H,1-3,6-7H2,(H2,28,29,32). The van der Waals surface area contributed by atoms with Crippen LogP contribution >= 0.6 is 12.2 Å². The van der Waals surface area contributed by atoms with Gasteiger partial charge in [-0.2, -0.15) is 0 Å². The first-order valence-corrected chi connectivity index (χ1v) is 11.5. The highest BCUT2D eigenvalue weighted by Gasteiger charge is 2.16. The Morgan fingerprint density at radius 1 is 0.781 bits per heavy atom. The lowest BCUT2D eigenvalue weighted by Gasteiger charge is -2.24. The molecule has 1 fully saturated rings. The van der Waals surface area contributed by atoms with E-state index in [1.807, 2.05) is 30.3 Å². The van der Waals surface area contributed by atoms with E-state index in [4.69, 9.17) is 22.2 Å². The molecule has 0 unspecified atom stereocenters. The van der Waals surface area contributed by atoms with E-state index in [0.29, 0.717) is 11.2 Å². The Hall–Kier alpha value is -3.45. The van der Waals surface area contributed by atoms with Crippen LogP contribution in [-0.4, -0.2) is 31.1 Å². The minimum atomic E-state index is 0.464. The molecule has 5 aromatic rings. The second-order valence-corrected chi connectivity index (χ2v) is 8.77. The van der Waals surface area contributed by atoms with Gasteiger partial charge in [-0.25, -0.2) is 9.97 Å². The second-order valence-electron chi connectivity index (χ2n) is 8.36. The van der Waals surface area contributed by atoms with Gasteiger partial charge >= 0.3 is 0 Å². The second kappa shape index (κ2) is 7.91.